The van der Waals surface area contributed by atoms with Crippen LogP contribution in [0.3, 0.4) is 0 Å². The second kappa shape index (κ2) is 39.2. The number of likely N-dealkylation sites (N-methyl/N-ethyl adjacent to an activating group) is 2. The number of aromatic nitrogens is 1. The van der Waals surface area contributed by atoms with E-state index < -0.39 is 17.7 Å². The van der Waals surface area contributed by atoms with E-state index in [2.05, 4.69) is 49.3 Å². The number of fused-ring (bicyclic) bond motifs is 4. The molecule has 10 N–H and O–H groups in total. The number of hydrogen-bond acceptors (Lipinski definition) is 16. The molecule has 2 aliphatic carbocycles. The molecule has 1 fully saturated rings. The highest BCUT2D eigenvalue weighted by atomic mass is 31.0. The lowest BCUT2D eigenvalue weighted by atomic mass is 9.80. The summed E-state index contributed by atoms with van der Waals surface area (Å²) in [5, 5.41) is 15.4. The number of benzene rings is 1. The molecular weight excluding hydrogens is 1020 g/mol. The fraction of sp³-hybridized carbons (Fsp3) is 0.566. The lowest BCUT2D eigenvalue weighted by Gasteiger charge is -2.35. The van der Waals surface area contributed by atoms with Crippen LogP contribution in [0.25, 0.3) is 10.9 Å². The molecule has 0 saturated heterocycles. The minimum atomic E-state index is -0.539. The van der Waals surface area contributed by atoms with Crippen LogP contribution in [0, 0.1) is 24.6 Å². The Bertz CT molecular complexity index is 2330. The summed E-state index contributed by atoms with van der Waals surface area (Å²) in [6.45, 7) is 8.13. The largest absolute Gasteiger partial charge is 0.400 e. The monoisotopic (exact) mass is 1100 g/mol. The standard InChI is InChI=1S/C34H44FN4O5P.C8H8N2O4.C4H8.C3H7NO.CH3NO.2CH5N.CH4O/c1-5-8-22-23(20(6-2)16-40)13-28-33-24(15-39(28)34(22)43)32-27(11-10-21-19(3)25(35)14-26(37-33)31(21)32)38(4)30(42)17-44-18-36-29(41)9-7-12-45;11-4-3-9-6(12)5-10-7(13)1-2-8(10)14;1-4-2-3-4;1-4-2-3-5;2-1-3;3*1-2/h14,16,20,27-28H,5-13,15,17-18,45H2,1-4H3,(H,36,41);1-2,4H,3,5H2,(H,9,12);4H,2-3H2,1H3;3-4H,2H2,1H3;1H,(H2,2,3);2*2H2,1H3;2H,1H3. The van der Waals surface area contributed by atoms with Crippen LogP contribution >= 0.6 is 9.24 Å². The van der Waals surface area contributed by atoms with E-state index in [4.69, 9.17) is 19.6 Å². The Balaban J connectivity index is 0.00000147. The molecule has 1 aromatic carbocycles. The van der Waals surface area contributed by atoms with Crippen molar-refractivity contribution in [3.63, 3.8) is 0 Å². The Hall–Kier alpha value is -6.23. The maximum absolute atomic E-state index is 15.2. The summed E-state index contributed by atoms with van der Waals surface area (Å²) in [6, 6.07) is 0.789. The summed E-state index contributed by atoms with van der Waals surface area (Å²) in [7, 11) is 10.1. The Morgan fingerprint density at radius 3 is 2.06 bits per heavy atom. The molecule has 7 rings (SSSR count). The number of nitrogens with one attached hydrogen (secondary N) is 3. The molecule has 5 aliphatic rings. The number of rotatable bonds is 19. The van der Waals surface area contributed by atoms with E-state index in [1.807, 2.05) is 18.7 Å². The number of carbonyl (C=O) groups is 10. The number of hydrogen-bond donors (Lipinski definition) is 7. The first kappa shape index (κ1) is 70.8. The van der Waals surface area contributed by atoms with E-state index in [0.717, 1.165) is 101 Å². The smallest absolute Gasteiger partial charge is 0.254 e. The highest BCUT2D eigenvalue weighted by molar-refractivity contribution is 7.16. The van der Waals surface area contributed by atoms with Crippen molar-refractivity contribution in [2.24, 2.45) is 29.0 Å². The molecular formula is C53H84FN10O12P. The normalized spacial score (nSPS) is 16.3. The molecule has 24 heteroatoms. The Morgan fingerprint density at radius 1 is 0.974 bits per heavy atom. The molecule has 2 aromatic rings. The van der Waals surface area contributed by atoms with Crippen molar-refractivity contribution in [2.45, 2.75) is 111 Å². The summed E-state index contributed by atoms with van der Waals surface area (Å²) in [5.41, 5.74) is 19.3. The van der Waals surface area contributed by atoms with Gasteiger partial charge in [-0.15, -0.1) is 9.24 Å². The fourth-order valence-electron chi connectivity index (χ4n) is 8.49. The number of nitrogens with zero attached hydrogens (tertiary/aromatic N) is 4. The first-order valence-corrected chi connectivity index (χ1v) is 26.4. The minimum absolute atomic E-state index is 0.0517. The first-order valence-electron chi connectivity index (χ1n) is 25.5. The maximum Gasteiger partial charge on any atom is 0.254 e. The van der Waals surface area contributed by atoms with Crippen molar-refractivity contribution in [1.82, 2.24) is 35.6 Å². The van der Waals surface area contributed by atoms with Crippen LogP contribution in [-0.4, -0.2) is 160 Å². The van der Waals surface area contributed by atoms with E-state index >= 15 is 4.39 Å². The van der Waals surface area contributed by atoms with Gasteiger partial charge in [0.25, 0.3) is 17.7 Å². The highest BCUT2D eigenvalue weighted by Gasteiger charge is 2.45. The summed E-state index contributed by atoms with van der Waals surface area (Å²) in [4.78, 5) is 122. The van der Waals surface area contributed by atoms with Gasteiger partial charge in [0, 0.05) is 67.8 Å². The predicted molar refractivity (Wildman–Crippen MR) is 295 cm³/mol. The summed E-state index contributed by atoms with van der Waals surface area (Å²) in [6.07, 6.45) is 13.4. The third kappa shape index (κ3) is 21.3. The van der Waals surface area contributed by atoms with Crippen LogP contribution in [-0.2, 0) is 65.6 Å². The predicted octanol–water partition coefficient (Wildman–Crippen LogP) is 1.89. The van der Waals surface area contributed by atoms with Crippen LogP contribution in [0.1, 0.15) is 119 Å². The van der Waals surface area contributed by atoms with E-state index in [1.165, 1.54) is 33.0 Å². The van der Waals surface area contributed by atoms with Crippen molar-refractivity contribution in [3.8, 4) is 0 Å². The number of carbonyl (C=O) groups excluding carboxylic acids is 10. The number of amides is 7. The number of ether oxygens (including phenoxy) is 1. The van der Waals surface area contributed by atoms with Gasteiger partial charge in [0.2, 0.25) is 24.1 Å². The lowest BCUT2D eigenvalue weighted by molar-refractivity contribution is -0.141. The van der Waals surface area contributed by atoms with Crippen LogP contribution < -0.4 is 33.2 Å². The third-order valence-electron chi connectivity index (χ3n) is 12.5. The summed E-state index contributed by atoms with van der Waals surface area (Å²) < 4.78 is 20.7. The lowest BCUT2D eigenvalue weighted by Crippen LogP contribution is -2.40. The van der Waals surface area contributed by atoms with Gasteiger partial charge in [-0.2, -0.15) is 0 Å². The van der Waals surface area contributed by atoms with Gasteiger partial charge in [-0.25, -0.2) is 4.39 Å². The fourth-order valence-corrected chi connectivity index (χ4v) is 8.70. The number of aryl methyl sites for hydroxylation is 1. The van der Waals surface area contributed by atoms with Gasteiger partial charge in [0.1, 0.15) is 44.6 Å². The molecule has 22 nitrogen and oxygen atoms in total. The molecule has 1 saturated carbocycles. The molecule has 4 unspecified atom stereocenters. The zero-order chi connectivity index (χ0) is 58.8. The number of halogens is 1. The number of primary amides is 1. The quantitative estimate of drug-likeness (QED) is 0.0347. The van der Waals surface area contributed by atoms with Gasteiger partial charge in [0.05, 0.1) is 36.4 Å². The first-order chi connectivity index (χ1) is 37.0. The molecule has 0 spiro atoms. The highest BCUT2D eigenvalue weighted by Crippen LogP contribution is 2.51. The van der Waals surface area contributed by atoms with Gasteiger partial charge >= 0.3 is 0 Å². The zero-order valence-electron chi connectivity index (χ0n) is 46.3. The number of aliphatic hydroxyl groups excluding tert-OH is 1. The van der Waals surface area contributed by atoms with Crippen molar-refractivity contribution in [3.05, 3.63) is 63.1 Å². The number of imide groups is 1. The Morgan fingerprint density at radius 2 is 1.57 bits per heavy atom. The number of aliphatic hydroxyl groups is 1. The van der Waals surface area contributed by atoms with Gasteiger partial charge in [-0.1, -0.05) is 40.0 Å². The molecule has 4 atom stereocenters. The molecule has 1 aromatic heterocycles. The molecule has 0 bridgehead atoms. The number of pyridine rings is 1. The van der Waals surface area contributed by atoms with Gasteiger partial charge in [0.15, 0.2) is 0 Å². The van der Waals surface area contributed by atoms with Gasteiger partial charge in [-0.05, 0) is 101 Å². The van der Waals surface area contributed by atoms with Crippen molar-refractivity contribution >= 4 is 80.9 Å². The molecule has 430 valence electrons. The van der Waals surface area contributed by atoms with Crippen molar-refractivity contribution in [2.75, 3.05) is 74.4 Å². The SMILES string of the molecule is CC1CC1.CCCC1=C(C(C=O)CC)CC2c3nc4cc(F)c(C)c5c4c(c3CN2C1=O)C(N(C)C(=O)COCNC(=O)CCCP)CC5.CN.CN.CNCC=O.CO.NC=O.O=CCNC(=O)CN1C(=O)C=CC1=O. The Kier molecular flexibility index (Phi) is 36.0. The van der Waals surface area contributed by atoms with Crippen LogP contribution in [0.5, 0.6) is 0 Å². The van der Waals surface area contributed by atoms with Gasteiger partial charge < -0.3 is 67.2 Å². The van der Waals surface area contributed by atoms with Crippen LogP contribution in [0.4, 0.5) is 4.39 Å². The van der Waals surface area contributed by atoms with Crippen molar-refractivity contribution in [1.29, 1.82) is 0 Å². The van der Waals surface area contributed by atoms with E-state index in [-0.39, 0.29) is 74.4 Å². The summed E-state index contributed by atoms with van der Waals surface area (Å²) in [5.74, 6) is -1.57. The zero-order valence-corrected chi connectivity index (χ0v) is 47.4. The molecule has 0 radical (unpaired) electrons. The minimum Gasteiger partial charge on any atom is -0.400 e. The molecule has 77 heavy (non-hydrogen) atoms. The maximum atomic E-state index is 15.2. The Labute approximate surface area is 454 Å². The average molecular weight is 1100 g/mol. The third-order valence-corrected chi connectivity index (χ3v) is 12.9. The topological polar surface area (TPSA) is 337 Å². The summed E-state index contributed by atoms with van der Waals surface area (Å²) >= 11 is 0. The molecule has 4 heterocycles. The number of nitrogens with two attached hydrogens (primary N) is 3. The second-order valence-electron chi connectivity index (χ2n) is 17.5. The molecule has 3 aliphatic heterocycles. The van der Waals surface area contributed by atoms with E-state index in [0.29, 0.717) is 69.0 Å². The second-order valence-corrected chi connectivity index (χ2v) is 18.0. The average Bonchev–Trinajstić information content (AvgIpc) is 4.07. The molecule has 7 amide bonds. The van der Waals surface area contributed by atoms with Crippen molar-refractivity contribution < 1.29 is 62.2 Å². The van der Waals surface area contributed by atoms with Gasteiger partial charge in [-0.3, -0.25) is 43.4 Å². The van der Waals surface area contributed by atoms with E-state index in [1.54, 1.807) is 25.9 Å². The van der Waals surface area contributed by atoms with Crippen LogP contribution in [0.2, 0.25) is 0 Å². The van der Waals surface area contributed by atoms with E-state index in [9.17, 15) is 43.2 Å². The number of aldehydes is 3. The van der Waals surface area contributed by atoms with Crippen LogP contribution in [0.15, 0.2) is 29.4 Å².